The third-order valence-corrected chi connectivity index (χ3v) is 5.80. The van der Waals surface area contributed by atoms with Gasteiger partial charge >= 0.3 is 6.03 Å². The van der Waals surface area contributed by atoms with E-state index in [1.165, 1.54) is 0 Å². The maximum Gasteiger partial charge on any atom is 0.312 e. The lowest BCUT2D eigenvalue weighted by Gasteiger charge is -2.25. The predicted octanol–water partition coefficient (Wildman–Crippen LogP) is 2.15. The number of nitrogens with one attached hydrogen (secondary N) is 2. The Morgan fingerprint density at radius 2 is 2.11 bits per heavy atom. The summed E-state index contributed by atoms with van der Waals surface area (Å²) in [6.45, 7) is 6.95. The molecule has 2 heterocycles. The number of urea groups is 1. The van der Waals surface area contributed by atoms with Crippen LogP contribution in [0, 0.1) is 5.92 Å². The Balaban J connectivity index is 1.75. The Morgan fingerprint density at radius 1 is 1.37 bits per heavy atom. The number of thiazole rings is 1. The molecule has 27 heavy (non-hydrogen) atoms. The van der Waals surface area contributed by atoms with Gasteiger partial charge in [-0.25, -0.2) is 9.78 Å². The molecule has 0 radical (unpaired) electrons. The Morgan fingerprint density at radius 3 is 2.78 bits per heavy atom. The van der Waals surface area contributed by atoms with Crippen LogP contribution in [0.1, 0.15) is 20.3 Å². The number of nitrogens with two attached hydrogens (primary N) is 1. The highest BCUT2D eigenvalue weighted by Crippen LogP contribution is 2.31. The number of carbonyl (C=O) groups is 2. The highest BCUT2D eigenvalue weighted by Gasteiger charge is 2.25. The smallest absolute Gasteiger partial charge is 0.312 e. The van der Waals surface area contributed by atoms with E-state index in [1.807, 2.05) is 32.0 Å². The van der Waals surface area contributed by atoms with Gasteiger partial charge in [0.2, 0.25) is 5.91 Å². The van der Waals surface area contributed by atoms with Crippen molar-refractivity contribution in [2.45, 2.75) is 26.3 Å². The molecule has 0 bridgehead atoms. The summed E-state index contributed by atoms with van der Waals surface area (Å²) in [6.07, 6.45) is 0.745. The Labute approximate surface area is 162 Å². The van der Waals surface area contributed by atoms with Crippen molar-refractivity contribution < 1.29 is 14.3 Å². The van der Waals surface area contributed by atoms with E-state index in [1.54, 1.807) is 11.3 Å². The van der Waals surface area contributed by atoms with E-state index in [0.717, 1.165) is 34.9 Å². The molecule has 9 heteroatoms. The van der Waals surface area contributed by atoms with Crippen molar-refractivity contribution in [3.05, 3.63) is 18.2 Å². The molecule has 3 rings (SSSR count). The molecule has 2 aromatic rings. The van der Waals surface area contributed by atoms with E-state index >= 15 is 0 Å². The lowest BCUT2D eigenvalue weighted by molar-refractivity contribution is -0.119. The highest BCUT2D eigenvalue weighted by atomic mass is 32.1. The average molecular weight is 391 g/mol. The highest BCUT2D eigenvalue weighted by molar-refractivity contribution is 7.22. The number of ether oxygens (including phenoxy) is 1. The molecule has 4 N–H and O–H groups in total. The number of fused-ring (bicyclic) bond motifs is 1. The first-order valence-electron chi connectivity index (χ1n) is 9.08. The van der Waals surface area contributed by atoms with E-state index < -0.39 is 12.1 Å². The number of morpholine rings is 1. The van der Waals surface area contributed by atoms with Crippen LogP contribution in [-0.4, -0.2) is 49.3 Å². The van der Waals surface area contributed by atoms with Crippen LogP contribution in [0.3, 0.4) is 0 Å². The van der Waals surface area contributed by atoms with Crippen LogP contribution in [0.25, 0.3) is 10.2 Å². The minimum Gasteiger partial charge on any atom is -0.378 e. The van der Waals surface area contributed by atoms with E-state index in [2.05, 4.69) is 20.5 Å². The fourth-order valence-electron chi connectivity index (χ4n) is 2.96. The van der Waals surface area contributed by atoms with Crippen molar-refractivity contribution in [3.8, 4) is 0 Å². The summed E-state index contributed by atoms with van der Waals surface area (Å²) in [5, 5.41) is 6.38. The average Bonchev–Trinajstić information content (AvgIpc) is 3.09. The lowest BCUT2D eigenvalue weighted by atomic mass is 9.98. The summed E-state index contributed by atoms with van der Waals surface area (Å²) in [6, 6.07) is 4.25. The largest absolute Gasteiger partial charge is 0.378 e. The van der Waals surface area contributed by atoms with Crippen LogP contribution in [0.15, 0.2) is 18.2 Å². The van der Waals surface area contributed by atoms with Gasteiger partial charge < -0.3 is 26.0 Å². The number of aromatic nitrogens is 1. The number of benzene rings is 1. The molecule has 2 atom stereocenters. The van der Waals surface area contributed by atoms with Gasteiger partial charge in [-0.2, -0.15) is 0 Å². The van der Waals surface area contributed by atoms with Crippen LogP contribution in [0.4, 0.5) is 15.6 Å². The molecule has 3 amide bonds. The van der Waals surface area contributed by atoms with Crippen LogP contribution in [0.5, 0.6) is 0 Å². The van der Waals surface area contributed by atoms with Crippen molar-refractivity contribution in [1.82, 2.24) is 10.3 Å². The first kappa shape index (κ1) is 19.4. The second kappa shape index (κ2) is 8.53. The monoisotopic (exact) mass is 391 g/mol. The lowest BCUT2D eigenvalue weighted by Crippen LogP contribution is -2.49. The molecule has 146 valence electrons. The van der Waals surface area contributed by atoms with Crippen LogP contribution in [-0.2, 0) is 9.53 Å². The van der Waals surface area contributed by atoms with Gasteiger partial charge in [0.1, 0.15) is 6.04 Å². The zero-order valence-electron chi connectivity index (χ0n) is 15.5. The fourth-order valence-corrected chi connectivity index (χ4v) is 4.01. The predicted molar refractivity (Wildman–Crippen MR) is 107 cm³/mol. The van der Waals surface area contributed by atoms with Gasteiger partial charge in [-0.1, -0.05) is 31.6 Å². The van der Waals surface area contributed by atoms with Crippen molar-refractivity contribution >= 4 is 44.3 Å². The van der Waals surface area contributed by atoms with E-state index in [-0.39, 0.29) is 11.8 Å². The van der Waals surface area contributed by atoms with E-state index in [4.69, 9.17) is 10.5 Å². The first-order chi connectivity index (χ1) is 13.0. The summed E-state index contributed by atoms with van der Waals surface area (Å²) >= 11 is 1.59. The minimum atomic E-state index is -0.705. The van der Waals surface area contributed by atoms with Gasteiger partial charge in [-0.05, 0) is 24.1 Å². The number of rotatable bonds is 6. The summed E-state index contributed by atoms with van der Waals surface area (Å²) in [5.41, 5.74) is 6.78. The number of nitrogens with zero attached hydrogens (tertiary/aromatic N) is 2. The minimum absolute atomic E-state index is 0.0300. The number of primary amides is 1. The molecule has 1 saturated heterocycles. The van der Waals surface area contributed by atoms with Crippen molar-refractivity contribution in [2.24, 2.45) is 11.7 Å². The molecular formula is C18H25N5O3S. The molecule has 1 fully saturated rings. The molecule has 1 aromatic carbocycles. The zero-order valence-corrected chi connectivity index (χ0v) is 16.3. The summed E-state index contributed by atoms with van der Waals surface area (Å²) in [4.78, 5) is 30.7. The standard InChI is InChI=1S/C18H25N5O3S/c1-3-11(2)15(22-17(19)25)16(24)20-12-4-5-13-14(10-12)27-18(21-13)23-6-8-26-9-7-23/h4-5,10-11,15H,3,6-9H2,1-2H3,(H,20,24)(H3,19,22,25). The number of hydrogen-bond donors (Lipinski definition) is 3. The Bertz CT molecular complexity index is 818. The van der Waals surface area contributed by atoms with Crippen molar-refractivity contribution in [2.75, 3.05) is 36.5 Å². The summed E-state index contributed by atoms with van der Waals surface area (Å²) < 4.78 is 6.38. The molecule has 0 spiro atoms. The van der Waals surface area contributed by atoms with Gasteiger partial charge in [-0.3, -0.25) is 4.79 Å². The third kappa shape index (κ3) is 4.67. The van der Waals surface area contributed by atoms with Gasteiger partial charge in [-0.15, -0.1) is 0 Å². The topological polar surface area (TPSA) is 110 Å². The Hall–Kier alpha value is -2.39. The number of amides is 3. The molecule has 8 nitrogen and oxygen atoms in total. The SMILES string of the molecule is CCC(C)C(NC(N)=O)C(=O)Nc1ccc2nc(N3CCOCC3)sc2c1. The quantitative estimate of drug-likeness (QED) is 0.699. The summed E-state index contributed by atoms with van der Waals surface area (Å²) in [5.74, 6) is -0.307. The van der Waals surface area contributed by atoms with E-state index in [9.17, 15) is 9.59 Å². The number of carbonyl (C=O) groups excluding carboxylic acids is 2. The number of anilines is 2. The first-order valence-corrected chi connectivity index (χ1v) is 9.89. The van der Waals surface area contributed by atoms with Crippen LogP contribution in [0.2, 0.25) is 0 Å². The van der Waals surface area contributed by atoms with Crippen molar-refractivity contribution in [1.29, 1.82) is 0 Å². The maximum atomic E-state index is 12.6. The number of hydrogen-bond acceptors (Lipinski definition) is 6. The maximum absolute atomic E-state index is 12.6. The van der Waals surface area contributed by atoms with Gasteiger partial charge in [0.05, 0.1) is 23.4 Å². The normalized spacial score (nSPS) is 16.7. The molecule has 1 aliphatic heterocycles. The fraction of sp³-hybridized carbons (Fsp3) is 0.500. The van der Waals surface area contributed by atoms with Gasteiger partial charge in [0.15, 0.2) is 5.13 Å². The molecule has 2 unspecified atom stereocenters. The Kier molecular flexibility index (Phi) is 6.12. The second-order valence-corrected chi connectivity index (χ2v) is 7.65. The molecule has 1 aromatic heterocycles. The van der Waals surface area contributed by atoms with Gasteiger partial charge in [0, 0.05) is 18.8 Å². The van der Waals surface area contributed by atoms with Crippen LogP contribution >= 0.6 is 11.3 Å². The molecule has 1 aliphatic rings. The summed E-state index contributed by atoms with van der Waals surface area (Å²) in [7, 11) is 0. The molecular weight excluding hydrogens is 366 g/mol. The van der Waals surface area contributed by atoms with Crippen molar-refractivity contribution in [3.63, 3.8) is 0 Å². The zero-order chi connectivity index (χ0) is 19.4. The second-order valence-electron chi connectivity index (χ2n) is 6.64. The third-order valence-electron chi connectivity index (χ3n) is 4.72. The van der Waals surface area contributed by atoms with E-state index in [0.29, 0.717) is 18.9 Å². The molecule has 0 aliphatic carbocycles. The molecule has 0 saturated carbocycles. The van der Waals surface area contributed by atoms with Crippen LogP contribution < -0.4 is 21.3 Å². The van der Waals surface area contributed by atoms with Gasteiger partial charge in [0.25, 0.3) is 0 Å².